The maximum absolute atomic E-state index is 12.0. The van der Waals surface area contributed by atoms with E-state index in [1.165, 1.54) is 30.1 Å². The first-order chi connectivity index (χ1) is 12.0. The van der Waals surface area contributed by atoms with Gasteiger partial charge in [0.05, 0.1) is 11.5 Å². The average Bonchev–Trinajstić information content (AvgIpc) is 2.62. The first kappa shape index (κ1) is 18.7. The Hall–Kier alpha value is -2.68. The Labute approximate surface area is 149 Å². The van der Waals surface area contributed by atoms with Gasteiger partial charge in [-0.15, -0.1) is 0 Å². The van der Waals surface area contributed by atoms with E-state index in [1.54, 1.807) is 19.1 Å². The van der Waals surface area contributed by atoms with Crippen molar-refractivity contribution >= 4 is 29.2 Å². The number of rotatable bonds is 8. The van der Waals surface area contributed by atoms with E-state index in [-0.39, 0.29) is 17.9 Å². The van der Waals surface area contributed by atoms with Crippen molar-refractivity contribution in [3.05, 3.63) is 51.7 Å². The minimum Gasteiger partial charge on any atom is -0.462 e. The van der Waals surface area contributed by atoms with E-state index in [1.807, 2.05) is 6.26 Å². The molecule has 0 amide bonds. The van der Waals surface area contributed by atoms with Crippen molar-refractivity contribution in [2.75, 3.05) is 24.7 Å². The van der Waals surface area contributed by atoms with Crippen LogP contribution in [0.5, 0.6) is 0 Å². The number of carbonyl (C=O) groups excluding carboxylic acids is 1. The summed E-state index contributed by atoms with van der Waals surface area (Å²) in [6, 6.07) is 6.35. The fourth-order valence-corrected chi connectivity index (χ4v) is 2.41. The zero-order chi connectivity index (χ0) is 18.2. The molecule has 9 heteroatoms. The molecule has 0 saturated carbocycles. The highest BCUT2D eigenvalue weighted by Gasteiger charge is 2.15. The van der Waals surface area contributed by atoms with Crippen LogP contribution in [0, 0.1) is 10.1 Å². The molecule has 0 unspecified atom stereocenters. The number of nitrogens with zero attached hydrogens (tertiary/aromatic N) is 3. The topological polar surface area (TPSA) is 107 Å². The summed E-state index contributed by atoms with van der Waals surface area (Å²) in [5, 5.41) is 14.3. The highest BCUT2D eigenvalue weighted by Crippen LogP contribution is 2.18. The van der Waals surface area contributed by atoms with Crippen LogP contribution in [0.2, 0.25) is 0 Å². The van der Waals surface area contributed by atoms with E-state index in [4.69, 9.17) is 4.74 Å². The quantitative estimate of drug-likeness (QED) is 0.251. The molecule has 0 atom stereocenters. The minimum absolute atomic E-state index is 0.0571. The summed E-state index contributed by atoms with van der Waals surface area (Å²) in [4.78, 5) is 30.6. The van der Waals surface area contributed by atoms with Gasteiger partial charge in [-0.1, -0.05) is 23.9 Å². The smallest absolute Gasteiger partial charge is 0.343 e. The fourth-order valence-electron chi connectivity index (χ4n) is 2.07. The van der Waals surface area contributed by atoms with E-state index in [2.05, 4.69) is 15.3 Å². The van der Waals surface area contributed by atoms with Crippen molar-refractivity contribution in [1.82, 2.24) is 9.97 Å². The zero-order valence-corrected chi connectivity index (χ0v) is 14.7. The van der Waals surface area contributed by atoms with Gasteiger partial charge in [0.2, 0.25) is 0 Å². The third-order valence-corrected chi connectivity index (χ3v) is 3.86. The normalized spacial score (nSPS) is 10.3. The number of hydrogen-bond acceptors (Lipinski definition) is 8. The summed E-state index contributed by atoms with van der Waals surface area (Å²) in [6.07, 6.45) is 3.92. The number of non-ortho nitro benzene ring substituents is 1. The lowest BCUT2D eigenvalue weighted by atomic mass is 10.1. The van der Waals surface area contributed by atoms with E-state index >= 15 is 0 Å². The molecule has 1 aromatic carbocycles. The van der Waals surface area contributed by atoms with Gasteiger partial charge in [0.15, 0.2) is 5.16 Å². The van der Waals surface area contributed by atoms with Crippen LogP contribution in [0.1, 0.15) is 22.8 Å². The first-order valence-corrected chi connectivity index (χ1v) is 8.83. The fraction of sp³-hybridized carbons (Fsp3) is 0.312. The standard InChI is InChI=1S/C16H18N4O4S/c1-3-24-15(21)13-10-18-16(25-2)19-14(13)17-9-8-11-4-6-12(7-5-11)20(22)23/h4-7,10H,3,8-9H2,1-2H3,(H,17,18,19). The molecular weight excluding hydrogens is 344 g/mol. The number of aromatic nitrogens is 2. The summed E-state index contributed by atoms with van der Waals surface area (Å²) < 4.78 is 5.01. The van der Waals surface area contributed by atoms with Gasteiger partial charge < -0.3 is 10.1 Å². The maximum Gasteiger partial charge on any atom is 0.343 e. The summed E-state index contributed by atoms with van der Waals surface area (Å²) in [6.45, 7) is 2.51. The van der Waals surface area contributed by atoms with Crippen molar-refractivity contribution in [1.29, 1.82) is 0 Å². The number of esters is 1. The van der Waals surface area contributed by atoms with Gasteiger partial charge in [0.1, 0.15) is 11.4 Å². The third kappa shape index (κ3) is 5.15. The van der Waals surface area contributed by atoms with E-state index in [0.29, 0.717) is 23.9 Å². The Morgan fingerprint density at radius 3 is 2.68 bits per heavy atom. The Bertz CT molecular complexity index is 752. The second-order valence-corrected chi connectivity index (χ2v) is 5.71. The summed E-state index contributed by atoms with van der Waals surface area (Å²) in [5.74, 6) is -0.0623. The molecule has 1 heterocycles. The van der Waals surface area contributed by atoms with Gasteiger partial charge in [-0.05, 0) is 25.2 Å². The summed E-state index contributed by atoms with van der Waals surface area (Å²) in [7, 11) is 0. The van der Waals surface area contributed by atoms with Gasteiger partial charge in [0, 0.05) is 24.9 Å². The van der Waals surface area contributed by atoms with Crippen LogP contribution in [0.4, 0.5) is 11.5 Å². The van der Waals surface area contributed by atoms with Crippen LogP contribution in [0.25, 0.3) is 0 Å². The number of ether oxygens (including phenoxy) is 1. The molecule has 1 N–H and O–H groups in total. The van der Waals surface area contributed by atoms with Crippen LogP contribution >= 0.6 is 11.8 Å². The molecule has 2 aromatic rings. The van der Waals surface area contributed by atoms with Crippen LogP contribution in [-0.4, -0.2) is 40.3 Å². The minimum atomic E-state index is -0.479. The molecule has 0 aliphatic heterocycles. The van der Waals surface area contributed by atoms with Crippen LogP contribution in [-0.2, 0) is 11.2 Å². The summed E-state index contributed by atoms with van der Waals surface area (Å²) >= 11 is 1.37. The molecule has 0 radical (unpaired) electrons. The number of benzene rings is 1. The number of carbonyl (C=O) groups is 1. The predicted octanol–water partition coefficient (Wildman–Crippen LogP) is 2.94. The maximum atomic E-state index is 12.0. The van der Waals surface area contributed by atoms with Crippen LogP contribution in [0.15, 0.2) is 35.6 Å². The molecule has 0 bridgehead atoms. The molecule has 8 nitrogen and oxygen atoms in total. The second kappa shape index (κ2) is 8.97. The Balaban J connectivity index is 2.05. The van der Waals surface area contributed by atoms with Gasteiger partial charge >= 0.3 is 5.97 Å². The highest BCUT2D eigenvalue weighted by molar-refractivity contribution is 7.98. The number of hydrogen-bond donors (Lipinski definition) is 1. The van der Waals surface area contributed by atoms with Crippen molar-refractivity contribution < 1.29 is 14.5 Å². The molecule has 0 spiro atoms. The van der Waals surface area contributed by atoms with Gasteiger partial charge in [-0.25, -0.2) is 14.8 Å². The molecule has 132 valence electrons. The molecule has 25 heavy (non-hydrogen) atoms. The van der Waals surface area contributed by atoms with Gasteiger partial charge in [-0.2, -0.15) is 0 Å². The SMILES string of the molecule is CCOC(=O)c1cnc(SC)nc1NCCc1ccc([N+](=O)[O-])cc1. The first-order valence-electron chi connectivity index (χ1n) is 7.60. The van der Waals surface area contributed by atoms with Crippen molar-refractivity contribution in [3.63, 3.8) is 0 Å². The van der Waals surface area contributed by atoms with Crippen LogP contribution in [0.3, 0.4) is 0 Å². The average molecular weight is 362 g/mol. The molecule has 0 aliphatic rings. The molecular formula is C16H18N4O4S. The zero-order valence-electron chi connectivity index (χ0n) is 13.9. The Morgan fingerprint density at radius 2 is 2.08 bits per heavy atom. The number of thioether (sulfide) groups is 1. The van der Waals surface area contributed by atoms with E-state index < -0.39 is 10.9 Å². The van der Waals surface area contributed by atoms with Crippen LogP contribution < -0.4 is 5.32 Å². The number of nitro groups is 1. The molecule has 2 rings (SSSR count). The molecule has 1 aromatic heterocycles. The molecule has 0 saturated heterocycles. The lowest BCUT2D eigenvalue weighted by molar-refractivity contribution is -0.384. The van der Waals surface area contributed by atoms with Crippen molar-refractivity contribution in [2.45, 2.75) is 18.5 Å². The molecule has 0 aliphatic carbocycles. The van der Waals surface area contributed by atoms with E-state index in [0.717, 1.165) is 5.56 Å². The Kier molecular flexibility index (Phi) is 6.70. The van der Waals surface area contributed by atoms with Gasteiger partial charge in [-0.3, -0.25) is 10.1 Å². The Morgan fingerprint density at radius 1 is 1.36 bits per heavy atom. The number of anilines is 1. The lowest BCUT2D eigenvalue weighted by Crippen LogP contribution is -2.14. The molecule has 0 fully saturated rings. The van der Waals surface area contributed by atoms with Crippen molar-refractivity contribution in [2.24, 2.45) is 0 Å². The summed E-state index contributed by atoms with van der Waals surface area (Å²) in [5.41, 5.74) is 1.28. The number of nitrogens with one attached hydrogen (secondary N) is 1. The monoisotopic (exact) mass is 362 g/mol. The number of nitro benzene ring substituents is 1. The second-order valence-electron chi connectivity index (χ2n) is 4.94. The van der Waals surface area contributed by atoms with Crippen molar-refractivity contribution in [3.8, 4) is 0 Å². The third-order valence-electron chi connectivity index (χ3n) is 3.30. The van der Waals surface area contributed by atoms with Gasteiger partial charge in [0.25, 0.3) is 5.69 Å². The predicted molar refractivity (Wildman–Crippen MR) is 95.1 cm³/mol. The largest absolute Gasteiger partial charge is 0.462 e. The lowest BCUT2D eigenvalue weighted by Gasteiger charge is -2.11. The van der Waals surface area contributed by atoms with E-state index in [9.17, 15) is 14.9 Å². The highest BCUT2D eigenvalue weighted by atomic mass is 32.2.